The van der Waals surface area contributed by atoms with E-state index in [9.17, 15) is 17.6 Å². The molecule has 0 aliphatic rings. The molecule has 0 bridgehead atoms. The maximum absolute atomic E-state index is 14.2. The van der Waals surface area contributed by atoms with E-state index in [0.717, 1.165) is 16.6 Å². The molecule has 1 aromatic carbocycles. The number of hydrogen-bond acceptors (Lipinski definition) is 7. The van der Waals surface area contributed by atoms with Crippen molar-refractivity contribution >= 4 is 49.8 Å². The summed E-state index contributed by atoms with van der Waals surface area (Å²) in [5, 5.41) is 10.6. The van der Waals surface area contributed by atoms with Crippen molar-refractivity contribution < 1.29 is 17.6 Å². The lowest BCUT2D eigenvalue weighted by atomic mass is 10.2. The number of para-hydroxylation sites is 1. The van der Waals surface area contributed by atoms with Gasteiger partial charge in [0.2, 0.25) is 21.1 Å². The topological polar surface area (TPSA) is 92.3 Å². The van der Waals surface area contributed by atoms with E-state index in [0.29, 0.717) is 10.1 Å². The summed E-state index contributed by atoms with van der Waals surface area (Å²) in [5.74, 6) is -0.689. The number of nitrogens with zero attached hydrogens (tertiary/aromatic N) is 3. The van der Waals surface area contributed by atoms with Crippen LogP contribution in [-0.4, -0.2) is 42.6 Å². The van der Waals surface area contributed by atoms with Crippen molar-refractivity contribution in [2.75, 3.05) is 21.6 Å². The molecule has 1 amide bonds. The predicted octanol–water partition coefficient (Wildman–Crippen LogP) is 3.14. The maximum Gasteiger partial charge on any atom is 0.250 e. The molecule has 0 aliphatic heterocycles. The lowest BCUT2D eigenvalue weighted by molar-refractivity contribution is -0.117. The Kier molecular flexibility index (Phi) is 7.33. The van der Waals surface area contributed by atoms with Crippen molar-refractivity contribution in [2.24, 2.45) is 0 Å². The summed E-state index contributed by atoms with van der Waals surface area (Å²) in [6, 6.07) is 4.29. The van der Waals surface area contributed by atoms with E-state index in [1.807, 2.05) is 0 Å². The number of anilines is 2. The smallest absolute Gasteiger partial charge is 0.250 e. The lowest BCUT2D eigenvalue weighted by Gasteiger charge is -2.29. The minimum Gasteiger partial charge on any atom is -0.299 e. The first kappa shape index (κ1) is 21.3. The number of thioether (sulfide) groups is 1. The largest absolute Gasteiger partial charge is 0.299 e. The molecule has 2 rings (SSSR count). The predicted molar refractivity (Wildman–Crippen MR) is 107 cm³/mol. The standard InChI is InChI=1S/C16H19FN4O3S3/c1-4-10-25-16-20-19-15(26-16)18-14(22)12(5-2)21(27(3,23)24)13-9-7-6-8-11(13)17/h4,6-9,12H,1,5,10H2,2-3H3,(H,18,19,22)/t12-/m0/s1. The summed E-state index contributed by atoms with van der Waals surface area (Å²) in [6.45, 7) is 5.26. The summed E-state index contributed by atoms with van der Waals surface area (Å²) in [6.07, 6.45) is 2.80. The molecule has 0 radical (unpaired) electrons. The molecule has 2 aromatic rings. The van der Waals surface area contributed by atoms with Crippen LogP contribution in [0.4, 0.5) is 15.2 Å². The summed E-state index contributed by atoms with van der Waals surface area (Å²) < 4.78 is 40.3. The number of halogens is 1. The van der Waals surface area contributed by atoms with Crippen LogP contribution in [0.2, 0.25) is 0 Å². The lowest BCUT2D eigenvalue weighted by Crippen LogP contribution is -2.47. The minimum absolute atomic E-state index is 0.143. The average Bonchev–Trinajstić information content (AvgIpc) is 3.04. The van der Waals surface area contributed by atoms with E-state index in [-0.39, 0.29) is 17.2 Å². The van der Waals surface area contributed by atoms with Gasteiger partial charge in [-0.05, 0) is 18.6 Å². The van der Waals surface area contributed by atoms with Crippen LogP contribution in [0.15, 0.2) is 41.3 Å². The minimum atomic E-state index is -3.91. The fraction of sp³-hybridized carbons (Fsp3) is 0.312. The Morgan fingerprint density at radius 3 is 2.74 bits per heavy atom. The molecule has 0 unspecified atom stereocenters. The summed E-state index contributed by atoms with van der Waals surface area (Å²) in [7, 11) is -3.91. The fourth-order valence-corrected chi connectivity index (χ4v) is 5.03. The summed E-state index contributed by atoms with van der Waals surface area (Å²) >= 11 is 2.58. The van der Waals surface area contributed by atoms with Crippen LogP contribution in [0.3, 0.4) is 0 Å². The Hall–Kier alpha value is -1.98. The SMILES string of the molecule is C=CCSc1nnc(NC(=O)[C@H](CC)N(c2ccccc2F)S(C)(=O)=O)s1. The van der Waals surface area contributed by atoms with Crippen molar-refractivity contribution in [3.63, 3.8) is 0 Å². The van der Waals surface area contributed by atoms with Crippen LogP contribution in [0.1, 0.15) is 13.3 Å². The van der Waals surface area contributed by atoms with Gasteiger partial charge in [-0.1, -0.05) is 48.2 Å². The number of rotatable bonds is 9. The molecule has 1 heterocycles. The number of carbonyl (C=O) groups excluding carboxylic acids is 1. The van der Waals surface area contributed by atoms with Gasteiger partial charge in [0, 0.05) is 5.75 Å². The molecule has 0 spiro atoms. The number of hydrogen-bond donors (Lipinski definition) is 1. The Bertz CT molecular complexity index is 917. The second-order valence-electron chi connectivity index (χ2n) is 5.40. The zero-order chi connectivity index (χ0) is 20.0. The van der Waals surface area contributed by atoms with Gasteiger partial charge in [-0.15, -0.1) is 16.8 Å². The van der Waals surface area contributed by atoms with E-state index < -0.39 is 27.8 Å². The van der Waals surface area contributed by atoms with Gasteiger partial charge in [-0.3, -0.25) is 14.4 Å². The van der Waals surface area contributed by atoms with Gasteiger partial charge in [-0.2, -0.15) is 0 Å². The molecule has 146 valence electrons. The Morgan fingerprint density at radius 2 is 2.15 bits per heavy atom. The zero-order valence-electron chi connectivity index (χ0n) is 14.8. The number of sulfonamides is 1. The van der Waals surface area contributed by atoms with E-state index in [4.69, 9.17) is 0 Å². The zero-order valence-corrected chi connectivity index (χ0v) is 17.2. The van der Waals surface area contributed by atoms with Crippen molar-refractivity contribution in [2.45, 2.75) is 23.7 Å². The van der Waals surface area contributed by atoms with Crippen LogP contribution < -0.4 is 9.62 Å². The van der Waals surface area contributed by atoms with E-state index in [2.05, 4.69) is 22.1 Å². The number of amides is 1. The number of benzene rings is 1. The molecule has 0 aliphatic carbocycles. The monoisotopic (exact) mass is 430 g/mol. The summed E-state index contributed by atoms with van der Waals surface area (Å²) in [4.78, 5) is 12.7. The Morgan fingerprint density at radius 1 is 1.44 bits per heavy atom. The number of aromatic nitrogens is 2. The third-order valence-corrected chi connectivity index (χ3v) is 6.51. The van der Waals surface area contributed by atoms with E-state index in [1.54, 1.807) is 13.0 Å². The molecule has 27 heavy (non-hydrogen) atoms. The average molecular weight is 431 g/mol. The van der Waals surface area contributed by atoms with Crippen LogP contribution in [0, 0.1) is 5.82 Å². The first-order valence-electron chi connectivity index (χ1n) is 7.90. The van der Waals surface area contributed by atoms with Crippen LogP contribution in [-0.2, 0) is 14.8 Å². The highest BCUT2D eigenvalue weighted by Crippen LogP contribution is 2.28. The van der Waals surface area contributed by atoms with Crippen molar-refractivity contribution in [1.82, 2.24) is 10.2 Å². The summed E-state index contributed by atoms with van der Waals surface area (Å²) in [5.41, 5.74) is -0.179. The van der Waals surface area contributed by atoms with Gasteiger partial charge in [0.15, 0.2) is 4.34 Å². The molecular formula is C16H19FN4O3S3. The van der Waals surface area contributed by atoms with Gasteiger partial charge < -0.3 is 0 Å². The second-order valence-corrected chi connectivity index (χ2v) is 9.50. The van der Waals surface area contributed by atoms with Crippen LogP contribution >= 0.6 is 23.1 Å². The first-order chi connectivity index (χ1) is 12.8. The first-order valence-corrected chi connectivity index (χ1v) is 11.5. The number of carbonyl (C=O) groups is 1. The molecule has 7 nitrogen and oxygen atoms in total. The third kappa shape index (κ3) is 5.50. The van der Waals surface area contributed by atoms with Crippen molar-refractivity contribution in [1.29, 1.82) is 0 Å². The molecule has 11 heteroatoms. The Balaban J connectivity index is 2.28. The molecular weight excluding hydrogens is 411 g/mol. The molecule has 1 aromatic heterocycles. The van der Waals surface area contributed by atoms with Gasteiger partial charge in [0.1, 0.15) is 11.9 Å². The highest BCUT2D eigenvalue weighted by molar-refractivity contribution is 8.01. The maximum atomic E-state index is 14.2. The third-order valence-electron chi connectivity index (χ3n) is 3.38. The van der Waals surface area contributed by atoms with Gasteiger partial charge >= 0.3 is 0 Å². The highest BCUT2D eigenvalue weighted by Gasteiger charge is 2.33. The molecule has 0 saturated carbocycles. The van der Waals surface area contributed by atoms with Crippen molar-refractivity contribution in [3.05, 3.63) is 42.7 Å². The van der Waals surface area contributed by atoms with Crippen LogP contribution in [0.5, 0.6) is 0 Å². The quantitative estimate of drug-likeness (QED) is 0.373. The molecule has 1 N–H and O–H groups in total. The van der Waals surface area contributed by atoms with E-state index >= 15 is 0 Å². The second kappa shape index (κ2) is 9.29. The van der Waals surface area contributed by atoms with E-state index in [1.165, 1.54) is 41.3 Å². The molecule has 1 atom stereocenters. The molecule has 0 saturated heterocycles. The van der Waals surface area contributed by atoms with Gasteiger partial charge in [0.25, 0.3) is 0 Å². The van der Waals surface area contributed by atoms with Gasteiger partial charge in [0.05, 0.1) is 11.9 Å². The normalized spacial score (nSPS) is 12.4. The number of nitrogens with one attached hydrogen (secondary N) is 1. The van der Waals surface area contributed by atoms with Crippen LogP contribution in [0.25, 0.3) is 0 Å². The fourth-order valence-electron chi connectivity index (χ4n) is 2.30. The van der Waals surface area contributed by atoms with Crippen molar-refractivity contribution in [3.8, 4) is 0 Å². The Labute approximate surface area is 165 Å². The molecule has 0 fully saturated rings. The van der Waals surface area contributed by atoms with Gasteiger partial charge in [-0.25, -0.2) is 12.8 Å². The highest BCUT2D eigenvalue weighted by atomic mass is 32.2.